The molecule has 0 fully saturated rings. The molecule has 2 aromatic heterocycles. The molecule has 0 bridgehead atoms. The molecule has 2 nitrogen and oxygen atoms in total. The lowest BCUT2D eigenvalue weighted by molar-refractivity contribution is 0.827. The lowest BCUT2D eigenvalue weighted by Crippen LogP contribution is -1.96. The Kier molecular flexibility index (Phi) is 3.47. The summed E-state index contributed by atoms with van der Waals surface area (Å²) in [5.41, 5.74) is 12.2. The molecule has 23 heavy (non-hydrogen) atoms. The molecule has 0 saturated carbocycles. The van der Waals surface area contributed by atoms with Crippen molar-refractivity contribution in [3.63, 3.8) is 0 Å². The molecule has 2 N–H and O–H groups in total. The standard InChI is InChI=1S/C20H20N2S/c1-3-22-18-7-4-14(11-21)9-17(18)16-6-5-15(10-19(16)22)20-8-13(2)12-23-20/h4-10,12H,3,11,21H2,1-2H3. The van der Waals surface area contributed by atoms with E-state index in [1.54, 1.807) is 0 Å². The van der Waals surface area contributed by atoms with E-state index in [2.05, 4.69) is 66.3 Å². The Morgan fingerprint density at radius 2 is 1.87 bits per heavy atom. The van der Waals surface area contributed by atoms with Gasteiger partial charge in [0.05, 0.1) is 0 Å². The second-order valence-electron chi connectivity index (χ2n) is 6.02. The highest BCUT2D eigenvalue weighted by atomic mass is 32.1. The fourth-order valence-corrected chi connectivity index (χ4v) is 4.25. The average molecular weight is 320 g/mol. The Balaban J connectivity index is 2.02. The number of fused-ring (bicyclic) bond motifs is 3. The molecular weight excluding hydrogens is 300 g/mol. The van der Waals surface area contributed by atoms with Crippen molar-refractivity contribution in [2.75, 3.05) is 0 Å². The summed E-state index contributed by atoms with van der Waals surface area (Å²) in [6, 6.07) is 15.7. The number of aryl methyl sites for hydroxylation is 2. The van der Waals surface area contributed by atoms with Crippen LogP contribution in [0.2, 0.25) is 0 Å². The van der Waals surface area contributed by atoms with E-state index in [-0.39, 0.29) is 0 Å². The molecular formula is C20H20N2S. The molecule has 0 saturated heterocycles. The van der Waals surface area contributed by atoms with Crippen molar-refractivity contribution in [2.45, 2.75) is 26.9 Å². The van der Waals surface area contributed by atoms with E-state index in [1.807, 2.05) is 11.3 Å². The van der Waals surface area contributed by atoms with Gasteiger partial charge in [0.15, 0.2) is 0 Å². The van der Waals surface area contributed by atoms with E-state index in [0.717, 1.165) is 6.54 Å². The molecule has 0 aliphatic heterocycles. The molecule has 0 radical (unpaired) electrons. The summed E-state index contributed by atoms with van der Waals surface area (Å²) in [5, 5.41) is 4.83. The van der Waals surface area contributed by atoms with Crippen molar-refractivity contribution in [3.8, 4) is 10.4 Å². The van der Waals surface area contributed by atoms with E-state index in [0.29, 0.717) is 6.54 Å². The van der Waals surface area contributed by atoms with Crippen LogP contribution in [0.3, 0.4) is 0 Å². The highest BCUT2D eigenvalue weighted by Gasteiger charge is 2.12. The summed E-state index contributed by atoms with van der Waals surface area (Å²) in [7, 11) is 0. The quantitative estimate of drug-likeness (QED) is 0.545. The SMILES string of the molecule is CCn1c2ccc(CN)cc2c2ccc(-c3cc(C)cs3)cc21. The van der Waals surface area contributed by atoms with Crippen LogP contribution in [-0.2, 0) is 13.1 Å². The van der Waals surface area contributed by atoms with E-state index in [1.165, 1.54) is 43.4 Å². The van der Waals surface area contributed by atoms with Gasteiger partial charge < -0.3 is 10.3 Å². The van der Waals surface area contributed by atoms with E-state index in [4.69, 9.17) is 5.73 Å². The molecule has 4 rings (SSSR count). The molecule has 0 aliphatic rings. The van der Waals surface area contributed by atoms with Gasteiger partial charge in [0, 0.05) is 39.8 Å². The van der Waals surface area contributed by atoms with Gasteiger partial charge in [-0.15, -0.1) is 11.3 Å². The average Bonchev–Trinajstić information content (AvgIpc) is 3.14. The predicted octanol–water partition coefficient (Wildman–Crippen LogP) is 5.31. The largest absolute Gasteiger partial charge is 0.341 e. The molecule has 2 heterocycles. The lowest BCUT2D eigenvalue weighted by atomic mass is 10.1. The van der Waals surface area contributed by atoms with Crippen LogP contribution in [0.25, 0.3) is 32.2 Å². The predicted molar refractivity (Wildman–Crippen MR) is 101 cm³/mol. The number of aromatic nitrogens is 1. The number of nitrogens with two attached hydrogens (primary N) is 1. The summed E-state index contributed by atoms with van der Waals surface area (Å²) in [4.78, 5) is 1.33. The first-order chi connectivity index (χ1) is 11.2. The van der Waals surface area contributed by atoms with Crippen LogP contribution in [0, 0.1) is 6.92 Å². The zero-order valence-corrected chi connectivity index (χ0v) is 14.3. The Bertz CT molecular complexity index is 1010. The zero-order valence-electron chi connectivity index (χ0n) is 13.5. The van der Waals surface area contributed by atoms with Gasteiger partial charge in [-0.05, 0) is 60.2 Å². The third-order valence-corrected chi connectivity index (χ3v) is 5.59. The molecule has 116 valence electrons. The van der Waals surface area contributed by atoms with Crippen molar-refractivity contribution in [3.05, 3.63) is 59.0 Å². The monoisotopic (exact) mass is 320 g/mol. The van der Waals surface area contributed by atoms with Crippen molar-refractivity contribution >= 4 is 33.1 Å². The highest BCUT2D eigenvalue weighted by molar-refractivity contribution is 7.13. The zero-order chi connectivity index (χ0) is 16.0. The molecule has 2 aromatic carbocycles. The van der Waals surface area contributed by atoms with Gasteiger partial charge in [0.2, 0.25) is 0 Å². The Morgan fingerprint density at radius 1 is 1.00 bits per heavy atom. The normalized spacial score (nSPS) is 11.6. The lowest BCUT2D eigenvalue weighted by Gasteiger charge is -2.04. The third kappa shape index (κ3) is 2.28. The number of hydrogen-bond donors (Lipinski definition) is 1. The first kappa shape index (κ1) is 14.5. The number of benzene rings is 2. The van der Waals surface area contributed by atoms with Crippen LogP contribution in [0.1, 0.15) is 18.1 Å². The van der Waals surface area contributed by atoms with E-state index < -0.39 is 0 Å². The Hall–Kier alpha value is -2.10. The van der Waals surface area contributed by atoms with Gasteiger partial charge in [-0.1, -0.05) is 18.2 Å². The topological polar surface area (TPSA) is 30.9 Å². The van der Waals surface area contributed by atoms with E-state index in [9.17, 15) is 0 Å². The smallest absolute Gasteiger partial charge is 0.0497 e. The highest BCUT2D eigenvalue weighted by Crippen LogP contribution is 2.34. The fraction of sp³-hybridized carbons (Fsp3) is 0.200. The molecule has 4 aromatic rings. The summed E-state index contributed by atoms with van der Waals surface area (Å²) in [6.45, 7) is 5.91. The van der Waals surface area contributed by atoms with Gasteiger partial charge in [0.1, 0.15) is 0 Å². The summed E-state index contributed by atoms with van der Waals surface area (Å²) in [6.07, 6.45) is 0. The molecule has 0 unspecified atom stereocenters. The maximum absolute atomic E-state index is 5.82. The second kappa shape index (κ2) is 5.52. The molecule has 0 amide bonds. The maximum atomic E-state index is 5.82. The molecule has 0 spiro atoms. The molecule has 0 aliphatic carbocycles. The number of thiophene rings is 1. The van der Waals surface area contributed by atoms with Gasteiger partial charge in [-0.2, -0.15) is 0 Å². The minimum atomic E-state index is 0.585. The maximum Gasteiger partial charge on any atom is 0.0497 e. The van der Waals surface area contributed by atoms with Gasteiger partial charge in [-0.3, -0.25) is 0 Å². The van der Waals surface area contributed by atoms with Gasteiger partial charge in [0.25, 0.3) is 0 Å². The third-order valence-electron chi connectivity index (χ3n) is 4.50. The van der Waals surface area contributed by atoms with Crippen LogP contribution in [0.4, 0.5) is 0 Å². The minimum absolute atomic E-state index is 0.585. The summed E-state index contributed by atoms with van der Waals surface area (Å²) >= 11 is 1.81. The van der Waals surface area contributed by atoms with Crippen LogP contribution in [-0.4, -0.2) is 4.57 Å². The Labute approximate surface area is 140 Å². The van der Waals surface area contributed by atoms with Crippen LogP contribution < -0.4 is 5.73 Å². The van der Waals surface area contributed by atoms with Crippen LogP contribution in [0.15, 0.2) is 47.8 Å². The van der Waals surface area contributed by atoms with Crippen molar-refractivity contribution < 1.29 is 0 Å². The van der Waals surface area contributed by atoms with Gasteiger partial charge >= 0.3 is 0 Å². The fourth-order valence-electron chi connectivity index (χ4n) is 3.35. The first-order valence-electron chi connectivity index (χ1n) is 8.01. The summed E-state index contributed by atoms with van der Waals surface area (Å²) < 4.78 is 2.40. The minimum Gasteiger partial charge on any atom is -0.341 e. The summed E-state index contributed by atoms with van der Waals surface area (Å²) in [5.74, 6) is 0. The van der Waals surface area contributed by atoms with Crippen LogP contribution >= 0.6 is 11.3 Å². The Morgan fingerprint density at radius 3 is 2.57 bits per heavy atom. The number of nitrogens with zero attached hydrogens (tertiary/aromatic N) is 1. The van der Waals surface area contributed by atoms with Crippen molar-refractivity contribution in [1.82, 2.24) is 4.57 Å². The first-order valence-corrected chi connectivity index (χ1v) is 8.89. The van der Waals surface area contributed by atoms with Gasteiger partial charge in [-0.25, -0.2) is 0 Å². The van der Waals surface area contributed by atoms with Crippen LogP contribution in [0.5, 0.6) is 0 Å². The number of hydrogen-bond acceptors (Lipinski definition) is 2. The molecule has 3 heteroatoms. The number of rotatable bonds is 3. The molecule has 0 atom stereocenters. The van der Waals surface area contributed by atoms with Crippen molar-refractivity contribution in [1.29, 1.82) is 0 Å². The second-order valence-corrected chi connectivity index (χ2v) is 6.93. The van der Waals surface area contributed by atoms with E-state index >= 15 is 0 Å². The van der Waals surface area contributed by atoms with Crippen molar-refractivity contribution in [2.24, 2.45) is 5.73 Å².